The van der Waals surface area contributed by atoms with Crippen LogP contribution in [0.25, 0.3) is 0 Å². The number of nitrogens with zero attached hydrogens (tertiary/aromatic N) is 2. The Hall–Kier alpha value is -1.53. The molecule has 1 fully saturated rings. The molecule has 1 aromatic rings. The lowest BCUT2D eigenvalue weighted by atomic mass is 9.93. The second kappa shape index (κ2) is 5.00. The van der Waals surface area contributed by atoms with E-state index >= 15 is 0 Å². The highest BCUT2D eigenvalue weighted by atomic mass is 16.4. The standard InChI is InChI=1S/C10H14N4O2/c15-10(16)2-9-8(5-13-14-9)1-7-3-11-6-12-4-7/h3-4,6,8-9,13-14H,1-2,5H2,(H,15,16). The Morgan fingerprint density at radius 3 is 2.94 bits per heavy atom. The van der Waals surface area contributed by atoms with E-state index in [2.05, 4.69) is 20.8 Å². The lowest BCUT2D eigenvalue weighted by Crippen LogP contribution is -2.34. The van der Waals surface area contributed by atoms with Crippen molar-refractivity contribution in [3.8, 4) is 0 Å². The number of hydrazine groups is 1. The van der Waals surface area contributed by atoms with Gasteiger partial charge in [-0.3, -0.25) is 15.6 Å². The minimum Gasteiger partial charge on any atom is -0.481 e. The zero-order valence-corrected chi connectivity index (χ0v) is 8.76. The molecule has 2 atom stereocenters. The van der Waals surface area contributed by atoms with Gasteiger partial charge in [-0.25, -0.2) is 9.97 Å². The number of hydrogen-bond acceptors (Lipinski definition) is 5. The van der Waals surface area contributed by atoms with Gasteiger partial charge in [0.1, 0.15) is 6.33 Å². The Balaban J connectivity index is 1.96. The predicted molar refractivity (Wildman–Crippen MR) is 56.4 cm³/mol. The average Bonchev–Trinajstić information content (AvgIpc) is 2.66. The third kappa shape index (κ3) is 2.74. The number of rotatable bonds is 4. The lowest BCUT2D eigenvalue weighted by molar-refractivity contribution is -0.137. The second-order valence-corrected chi connectivity index (χ2v) is 3.94. The van der Waals surface area contributed by atoms with Crippen molar-refractivity contribution in [1.29, 1.82) is 0 Å². The van der Waals surface area contributed by atoms with Crippen LogP contribution in [0.2, 0.25) is 0 Å². The molecule has 0 radical (unpaired) electrons. The first kappa shape index (κ1) is 11.0. The first-order valence-electron chi connectivity index (χ1n) is 5.20. The van der Waals surface area contributed by atoms with Gasteiger partial charge in [0.2, 0.25) is 0 Å². The van der Waals surface area contributed by atoms with E-state index in [9.17, 15) is 4.79 Å². The Bertz CT molecular complexity index is 357. The maximum absolute atomic E-state index is 10.7. The molecular formula is C10H14N4O2. The molecule has 0 aliphatic carbocycles. The molecule has 0 aromatic carbocycles. The minimum atomic E-state index is -0.782. The summed E-state index contributed by atoms with van der Waals surface area (Å²) in [4.78, 5) is 18.5. The molecule has 3 N–H and O–H groups in total. The Labute approximate surface area is 93.1 Å². The summed E-state index contributed by atoms with van der Waals surface area (Å²) >= 11 is 0. The van der Waals surface area contributed by atoms with Crippen LogP contribution in [0, 0.1) is 5.92 Å². The summed E-state index contributed by atoms with van der Waals surface area (Å²) in [6, 6.07) is -0.0299. The first-order valence-corrected chi connectivity index (χ1v) is 5.20. The van der Waals surface area contributed by atoms with Gasteiger partial charge in [-0.15, -0.1) is 0 Å². The van der Waals surface area contributed by atoms with Crippen molar-refractivity contribution in [3.63, 3.8) is 0 Å². The molecule has 86 valence electrons. The van der Waals surface area contributed by atoms with Crippen LogP contribution < -0.4 is 10.9 Å². The highest BCUT2D eigenvalue weighted by molar-refractivity contribution is 5.67. The molecule has 16 heavy (non-hydrogen) atoms. The number of carbonyl (C=O) groups is 1. The van der Waals surface area contributed by atoms with Crippen LogP contribution in [0.4, 0.5) is 0 Å². The number of carboxylic acid groups (broad SMARTS) is 1. The SMILES string of the molecule is O=C(O)CC1NNCC1Cc1cncnc1. The summed E-state index contributed by atoms with van der Waals surface area (Å²) in [5, 5.41) is 8.77. The third-order valence-electron chi connectivity index (χ3n) is 2.73. The van der Waals surface area contributed by atoms with Crippen molar-refractivity contribution in [1.82, 2.24) is 20.8 Å². The van der Waals surface area contributed by atoms with E-state index < -0.39 is 5.97 Å². The van der Waals surface area contributed by atoms with E-state index in [1.807, 2.05) is 0 Å². The van der Waals surface area contributed by atoms with Crippen molar-refractivity contribution in [3.05, 3.63) is 24.3 Å². The summed E-state index contributed by atoms with van der Waals surface area (Å²) in [6.07, 6.45) is 5.94. The van der Waals surface area contributed by atoms with Gasteiger partial charge in [0.15, 0.2) is 0 Å². The van der Waals surface area contributed by atoms with E-state index in [1.165, 1.54) is 6.33 Å². The normalized spacial score (nSPS) is 24.5. The van der Waals surface area contributed by atoms with Gasteiger partial charge >= 0.3 is 5.97 Å². The monoisotopic (exact) mass is 222 g/mol. The molecule has 1 saturated heterocycles. The number of aliphatic carboxylic acids is 1. The molecule has 6 nitrogen and oxygen atoms in total. The highest BCUT2D eigenvalue weighted by Gasteiger charge is 2.28. The number of carboxylic acids is 1. The summed E-state index contributed by atoms with van der Waals surface area (Å²) in [7, 11) is 0. The van der Waals surface area contributed by atoms with E-state index in [-0.39, 0.29) is 18.4 Å². The van der Waals surface area contributed by atoms with Crippen molar-refractivity contribution in [2.24, 2.45) is 5.92 Å². The molecule has 1 aromatic heterocycles. The van der Waals surface area contributed by atoms with E-state index in [0.717, 1.165) is 18.5 Å². The quantitative estimate of drug-likeness (QED) is 0.641. The molecular weight excluding hydrogens is 208 g/mol. The van der Waals surface area contributed by atoms with Gasteiger partial charge in [-0.2, -0.15) is 0 Å². The molecule has 0 bridgehead atoms. The topological polar surface area (TPSA) is 87.1 Å². The van der Waals surface area contributed by atoms with Crippen molar-refractivity contribution >= 4 is 5.97 Å². The van der Waals surface area contributed by atoms with Crippen molar-refractivity contribution < 1.29 is 9.90 Å². The van der Waals surface area contributed by atoms with Gasteiger partial charge in [0, 0.05) is 25.0 Å². The van der Waals surface area contributed by atoms with Crippen LogP contribution in [0.3, 0.4) is 0 Å². The maximum atomic E-state index is 10.7. The van der Waals surface area contributed by atoms with Gasteiger partial charge in [0.05, 0.1) is 6.42 Å². The van der Waals surface area contributed by atoms with Crippen LogP contribution in [0.1, 0.15) is 12.0 Å². The Morgan fingerprint density at radius 1 is 1.50 bits per heavy atom. The van der Waals surface area contributed by atoms with Gasteiger partial charge in [0.25, 0.3) is 0 Å². The summed E-state index contributed by atoms with van der Waals surface area (Å²) in [5.74, 6) is -0.516. The number of hydrogen-bond donors (Lipinski definition) is 3. The Morgan fingerprint density at radius 2 is 2.25 bits per heavy atom. The molecule has 1 aliphatic heterocycles. The van der Waals surface area contributed by atoms with E-state index in [4.69, 9.17) is 5.11 Å². The van der Waals surface area contributed by atoms with Crippen LogP contribution in [-0.4, -0.2) is 33.6 Å². The molecule has 0 amide bonds. The first-order chi connectivity index (χ1) is 7.75. The fraction of sp³-hybridized carbons (Fsp3) is 0.500. The lowest BCUT2D eigenvalue weighted by Gasteiger charge is -2.15. The van der Waals surface area contributed by atoms with E-state index in [1.54, 1.807) is 12.4 Å². The summed E-state index contributed by atoms with van der Waals surface area (Å²) < 4.78 is 0. The zero-order valence-electron chi connectivity index (χ0n) is 8.76. The fourth-order valence-electron chi connectivity index (χ4n) is 1.94. The van der Waals surface area contributed by atoms with Crippen molar-refractivity contribution in [2.75, 3.05) is 6.54 Å². The molecule has 0 saturated carbocycles. The highest BCUT2D eigenvalue weighted by Crippen LogP contribution is 2.16. The molecule has 0 spiro atoms. The van der Waals surface area contributed by atoms with Crippen molar-refractivity contribution in [2.45, 2.75) is 18.9 Å². The molecule has 2 unspecified atom stereocenters. The van der Waals surface area contributed by atoms with Crippen LogP contribution in [0.15, 0.2) is 18.7 Å². The smallest absolute Gasteiger partial charge is 0.304 e. The largest absolute Gasteiger partial charge is 0.481 e. The minimum absolute atomic E-state index is 0.0299. The molecule has 1 aliphatic rings. The van der Waals surface area contributed by atoms with Crippen LogP contribution >= 0.6 is 0 Å². The molecule has 2 rings (SSSR count). The number of aromatic nitrogens is 2. The summed E-state index contributed by atoms with van der Waals surface area (Å²) in [6.45, 7) is 0.771. The zero-order chi connectivity index (χ0) is 11.4. The fourth-order valence-corrected chi connectivity index (χ4v) is 1.94. The van der Waals surface area contributed by atoms with Gasteiger partial charge in [-0.05, 0) is 17.9 Å². The third-order valence-corrected chi connectivity index (χ3v) is 2.73. The van der Waals surface area contributed by atoms with E-state index in [0.29, 0.717) is 0 Å². The van der Waals surface area contributed by atoms with Crippen LogP contribution in [0.5, 0.6) is 0 Å². The van der Waals surface area contributed by atoms with Gasteiger partial charge < -0.3 is 5.11 Å². The molecule has 6 heteroatoms. The summed E-state index contributed by atoms with van der Waals surface area (Å²) in [5.41, 5.74) is 7.02. The van der Waals surface area contributed by atoms with Gasteiger partial charge in [-0.1, -0.05) is 0 Å². The Kier molecular flexibility index (Phi) is 3.43. The number of nitrogens with one attached hydrogen (secondary N) is 2. The average molecular weight is 222 g/mol. The van der Waals surface area contributed by atoms with Crippen LogP contribution in [-0.2, 0) is 11.2 Å². The maximum Gasteiger partial charge on any atom is 0.304 e. The predicted octanol–water partition coefficient (Wildman–Crippen LogP) is -0.414. The second-order valence-electron chi connectivity index (χ2n) is 3.94. The molecule has 2 heterocycles.